The summed E-state index contributed by atoms with van der Waals surface area (Å²) in [5.41, 5.74) is 1.00. The van der Waals surface area contributed by atoms with E-state index in [1.165, 1.54) is 0 Å². The minimum Gasteiger partial charge on any atom is -0.593 e. The molecule has 1 fully saturated rings. The first kappa shape index (κ1) is 11.1. The normalized spacial score (nSPS) is 26.7. The molecule has 2 rings (SSSR count). The molecule has 1 aliphatic heterocycles. The van der Waals surface area contributed by atoms with Gasteiger partial charge in [-0.15, -0.1) is 0 Å². The number of anilines is 1. The summed E-state index contributed by atoms with van der Waals surface area (Å²) in [5, 5.41) is 0.717. The highest BCUT2D eigenvalue weighted by atomic mass is 35.5. The molecule has 0 saturated carbocycles. The average molecular weight is 244 g/mol. The maximum Gasteiger partial charge on any atom is 0.131 e. The van der Waals surface area contributed by atoms with Gasteiger partial charge in [-0.1, -0.05) is 11.6 Å². The maximum absolute atomic E-state index is 11.9. The quantitative estimate of drug-likeness (QED) is 0.709. The molecule has 82 valence electrons. The Bertz CT molecular complexity index is 320. The van der Waals surface area contributed by atoms with Crippen molar-refractivity contribution < 1.29 is 4.55 Å². The van der Waals surface area contributed by atoms with Gasteiger partial charge in [0.25, 0.3) is 0 Å². The molecule has 2 atom stereocenters. The highest BCUT2D eigenvalue weighted by molar-refractivity contribution is 7.92. The lowest BCUT2D eigenvalue weighted by atomic mass is 10.2. The Kier molecular flexibility index (Phi) is 3.44. The van der Waals surface area contributed by atoms with Crippen LogP contribution in [0.3, 0.4) is 0 Å². The van der Waals surface area contributed by atoms with E-state index in [9.17, 15) is 4.55 Å². The number of hydrogen-bond donors (Lipinski definition) is 0. The van der Waals surface area contributed by atoms with Crippen LogP contribution in [0.2, 0.25) is 5.02 Å². The van der Waals surface area contributed by atoms with Crippen molar-refractivity contribution in [3.63, 3.8) is 0 Å². The predicted octanol–water partition coefficient (Wildman–Crippen LogP) is 2.99. The van der Waals surface area contributed by atoms with Gasteiger partial charge in [0.05, 0.1) is 23.1 Å². The summed E-state index contributed by atoms with van der Waals surface area (Å²) in [6.45, 7) is 2.12. The Labute approximate surface area is 98.5 Å². The van der Waals surface area contributed by atoms with Crippen LogP contribution < -0.4 is 4.31 Å². The molecule has 4 heteroatoms. The Hall–Kier alpha value is -0.380. The molecule has 0 N–H and O–H groups in total. The standard InChI is InChI=1S/C11H14ClNOS/c1-9-3-2-8-15(14)13(9)11-6-4-10(12)5-7-11/h4-7,9H,2-3,8H2,1H3. The van der Waals surface area contributed by atoms with Crippen molar-refractivity contribution in [1.82, 2.24) is 0 Å². The second kappa shape index (κ2) is 4.64. The van der Waals surface area contributed by atoms with Crippen LogP contribution in [0.1, 0.15) is 19.8 Å². The third kappa shape index (κ3) is 2.41. The largest absolute Gasteiger partial charge is 0.593 e. The van der Waals surface area contributed by atoms with Crippen LogP contribution in [0, 0.1) is 0 Å². The fourth-order valence-electron chi connectivity index (χ4n) is 1.88. The van der Waals surface area contributed by atoms with Gasteiger partial charge in [-0.25, -0.2) is 0 Å². The molecule has 1 aromatic carbocycles. The Morgan fingerprint density at radius 3 is 2.67 bits per heavy atom. The van der Waals surface area contributed by atoms with Crippen molar-refractivity contribution >= 4 is 28.7 Å². The highest BCUT2D eigenvalue weighted by Gasteiger charge is 2.30. The zero-order chi connectivity index (χ0) is 10.8. The van der Waals surface area contributed by atoms with Crippen molar-refractivity contribution in [3.05, 3.63) is 29.3 Å². The fraction of sp³-hybridized carbons (Fsp3) is 0.455. The molecule has 0 aromatic heterocycles. The van der Waals surface area contributed by atoms with Gasteiger partial charge in [-0.2, -0.15) is 4.31 Å². The van der Waals surface area contributed by atoms with Crippen molar-refractivity contribution in [2.24, 2.45) is 0 Å². The molecule has 15 heavy (non-hydrogen) atoms. The van der Waals surface area contributed by atoms with Crippen LogP contribution in [0.4, 0.5) is 5.69 Å². The molecular weight excluding hydrogens is 230 g/mol. The maximum atomic E-state index is 11.9. The van der Waals surface area contributed by atoms with E-state index in [2.05, 4.69) is 6.92 Å². The van der Waals surface area contributed by atoms with E-state index in [0.717, 1.165) is 24.3 Å². The zero-order valence-electron chi connectivity index (χ0n) is 8.65. The van der Waals surface area contributed by atoms with Crippen LogP contribution >= 0.6 is 11.6 Å². The monoisotopic (exact) mass is 243 g/mol. The molecule has 1 heterocycles. The van der Waals surface area contributed by atoms with Crippen LogP contribution in [-0.4, -0.2) is 16.3 Å². The Morgan fingerprint density at radius 1 is 1.40 bits per heavy atom. The van der Waals surface area contributed by atoms with E-state index in [4.69, 9.17) is 11.6 Å². The van der Waals surface area contributed by atoms with Crippen molar-refractivity contribution in [2.75, 3.05) is 10.1 Å². The van der Waals surface area contributed by atoms with Gasteiger partial charge in [-0.3, -0.25) is 0 Å². The number of halogens is 1. The summed E-state index contributed by atoms with van der Waals surface area (Å²) in [5.74, 6) is 0.771. The first-order valence-corrected chi connectivity index (χ1v) is 6.77. The van der Waals surface area contributed by atoms with Crippen LogP contribution in [0.25, 0.3) is 0 Å². The van der Waals surface area contributed by atoms with Crippen LogP contribution in [0.15, 0.2) is 24.3 Å². The second-order valence-corrected chi connectivity index (χ2v) is 5.70. The smallest absolute Gasteiger partial charge is 0.131 e. The molecule has 0 amide bonds. The van der Waals surface area contributed by atoms with Crippen molar-refractivity contribution in [1.29, 1.82) is 0 Å². The summed E-state index contributed by atoms with van der Waals surface area (Å²) >= 11 is 4.95. The van der Waals surface area contributed by atoms with Gasteiger partial charge < -0.3 is 4.55 Å². The molecule has 0 bridgehead atoms. The van der Waals surface area contributed by atoms with Gasteiger partial charge in [0.15, 0.2) is 0 Å². The summed E-state index contributed by atoms with van der Waals surface area (Å²) in [6.07, 6.45) is 2.16. The number of hydrogen-bond acceptors (Lipinski definition) is 2. The lowest BCUT2D eigenvalue weighted by molar-refractivity contribution is 0.543. The second-order valence-electron chi connectivity index (χ2n) is 3.82. The van der Waals surface area contributed by atoms with E-state index < -0.39 is 11.4 Å². The van der Waals surface area contributed by atoms with E-state index in [1.54, 1.807) is 0 Å². The van der Waals surface area contributed by atoms with E-state index in [1.807, 2.05) is 28.6 Å². The molecule has 1 aromatic rings. The first-order chi connectivity index (χ1) is 7.18. The summed E-state index contributed by atoms with van der Waals surface area (Å²) in [4.78, 5) is 0. The third-order valence-corrected chi connectivity index (χ3v) is 4.54. The van der Waals surface area contributed by atoms with Gasteiger partial charge in [0.2, 0.25) is 0 Å². The average Bonchev–Trinajstić information content (AvgIpc) is 2.20. The highest BCUT2D eigenvalue weighted by Crippen LogP contribution is 2.28. The molecule has 0 radical (unpaired) electrons. The Morgan fingerprint density at radius 2 is 2.07 bits per heavy atom. The van der Waals surface area contributed by atoms with Gasteiger partial charge in [0.1, 0.15) is 5.75 Å². The lowest BCUT2D eigenvalue weighted by Gasteiger charge is -2.35. The SMILES string of the molecule is CC1CCC[S+]([O-])N1c1ccc(Cl)cc1. The van der Waals surface area contributed by atoms with Gasteiger partial charge >= 0.3 is 0 Å². The molecular formula is C11H14ClNOS. The van der Waals surface area contributed by atoms with Gasteiger partial charge in [0, 0.05) is 5.02 Å². The first-order valence-electron chi connectivity index (χ1n) is 5.12. The van der Waals surface area contributed by atoms with E-state index >= 15 is 0 Å². The van der Waals surface area contributed by atoms with Crippen LogP contribution in [-0.2, 0) is 11.4 Å². The number of nitrogens with zero attached hydrogens (tertiary/aromatic N) is 1. The number of benzene rings is 1. The van der Waals surface area contributed by atoms with Crippen LogP contribution in [0.5, 0.6) is 0 Å². The topological polar surface area (TPSA) is 26.3 Å². The minimum absolute atomic E-state index is 0.348. The van der Waals surface area contributed by atoms with E-state index in [-0.39, 0.29) is 0 Å². The third-order valence-electron chi connectivity index (χ3n) is 2.64. The Balaban J connectivity index is 2.23. The summed E-state index contributed by atoms with van der Waals surface area (Å²) in [7, 11) is 0. The van der Waals surface area contributed by atoms with Crippen molar-refractivity contribution in [2.45, 2.75) is 25.8 Å². The zero-order valence-corrected chi connectivity index (χ0v) is 10.2. The van der Waals surface area contributed by atoms with Crippen molar-refractivity contribution in [3.8, 4) is 0 Å². The molecule has 2 nitrogen and oxygen atoms in total. The molecule has 0 spiro atoms. The molecule has 1 saturated heterocycles. The van der Waals surface area contributed by atoms with Gasteiger partial charge in [-0.05, 0) is 44.0 Å². The molecule has 2 unspecified atom stereocenters. The number of rotatable bonds is 1. The summed E-state index contributed by atoms with van der Waals surface area (Å²) in [6, 6.07) is 7.90. The van der Waals surface area contributed by atoms with E-state index in [0.29, 0.717) is 11.1 Å². The lowest BCUT2D eigenvalue weighted by Crippen LogP contribution is -2.44. The fourth-order valence-corrected chi connectivity index (χ4v) is 3.48. The molecule has 0 aliphatic carbocycles. The summed E-state index contributed by atoms with van der Waals surface area (Å²) < 4.78 is 13.9. The molecule has 1 aliphatic rings. The predicted molar refractivity (Wildman–Crippen MR) is 65.6 cm³/mol. The minimum atomic E-state index is -0.875.